The standard InChI is InChI=1S/C31H35ClN6O2/c1-36-29(23-8-6-21(17-33)7-9-23)27-28(35-36)30(39)38(20-34-27)19-31(40)12-14-37(15-13-31)18-25-11-10-24(16-26(25)32)22-4-2-3-5-22/h4,6-11,16,20,40H,2-3,5,12-15,17-19,33H2,1H3. The molecule has 2 aromatic carbocycles. The van der Waals surface area contributed by atoms with Crippen molar-refractivity contribution in [3.63, 3.8) is 0 Å². The minimum atomic E-state index is -0.992. The molecule has 8 nitrogen and oxygen atoms in total. The van der Waals surface area contributed by atoms with Crippen molar-refractivity contribution in [3.05, 3.63) is 86.9 Å². The molecule has 0 bridgehead atoms. The van der Waals surface area contributed by atoms with Crippen molar-refractivity contribution < 1.29 is 5.11 Å². The molecule has 0 amide bonds. The molecule has 0 radical (unpaired) electrons. The van der Waals surface area contributed by atoms with Crippen LogP contribution in [0, 0.1) is 0 Å². The highest BCUT2D eigenvalue weighted by molar-refractivity contribution is 6.31. The first-order valence-corrected chi connectivity index (χ1v) is 14.4. The minimum Gasteiger partial charge on any atom is -0.388 e. The highest BCUT2D eigenvalue weighted by atomic mass is 35.5. The van der Waals surface area contributed by atoms with Crippen LogP contribution in [0.5, 0.6) is 0 Å². The van der Waals surface area contributed by atoms with E-state index in [1.807, 2.05) is 31.3 Å². The van der Waals surface area contributed by atoms with E-state index in [0.717, 1.165) is 59.9 Å². The third-order valence-corrected chi connectivity index (χ3v) is 8.74. The number of aromatic nitrogens is 4. The molecular weight excluding hydrogens is 524 g/mol. The van der Waals surface area contributed by atoms with Gasteiger partial charge >= 0.3 is 0 Å². The summed E-state index contributed by atoms with van der Waals surface area (Å²) in [6.45, 7) is 2.83. The smallest absolute Gasteiger partial charge is 0.281 e. The van der Waals surface area contributed by atoms with E-state index in [0.29, 0.717) is 30.4 Å². The second-order valence-electron chi connectivity index (χ2n) is 11.2. The molecule has 208 valence electrons. The number of halogens is 1. The zero-order chi connectivity index (χ0) is 27.9. The minimum absolute atomic E-state index is 0.185. The quantitative estimate of drug-likeness (QED) is 0.346. The van der Waals surface area contributed by atoms with Gasteiger partial charge in [0, 0.05) is 43.8 Å². The largest absolute Gasteiger partial charge is 0.388 e. The lowest BCUT2D eigenvalue weighted by molar-refractivity contribution is -0.0364. The van der Waals surface area contributed by atoms with Crippen molar-refractivity contribution >= 4 is 28.2 Å². The molecule has 9 heteroatoms. The number of allylic oxidation sites excluding steroid dienone is 2. The molecule has 1 aliphatic carbocycles. The molecule has 4 aromatic rings. The average Bonchev–Trinajstić information content (AvgIpc) is 3.61. The molecule has 40 heavy (non-hydrogen) atoms. The third kappa shape index (κ3) is 5.24. The number of fused-ring (bicyclic) bond motifs is 1. The predicted molar refractivity (Wildman–Crippen MR) is 159 cm³/mol. The number of nitrogens with zero attached hydrogens (tertiary/aromatic N) is 5. The zero-order valence-corrected chi connectivity index (χ0v) is 23.6. The van der Waals surface area contributed by atoms with Gasteiger partial charge in [-0.1, -0.05) is 54.1 Å². The van der Waals surface area contributed by atoms with E-state index in [4.69, 9.17) is 17.3 Å². The Morgan fingerprint density at radius 2 is 1.82 bits per heavy atom. The number of rotatable bonds is 7. The first-order valence-electron chi connectivity index (χ1n) is 14.0. The van der Waals surface area contributed by atoms with E-state index in [-0.39, 0.29) is 12.1 Å². The van der Waals surface area contributed by atoms with Crippen molar-refractivity contribution in [2.45, 2.75) is 57.3 Å². The lowest BCUT2D eigenvalue weighted by atomic mass is 9.91. The maximum atomic E-state index is 13.4. The van der Waals surface area contributed by atoms with Gasteiger partial charge in [-0.2, -0.15) is 5.10 Å². The van der Waals surface area contributed by atoms with E-state index >= 15 is 0 Å². The van der Waals surface area contributed by atoms with Gasteiger partial charge in [0.1, 0.15) is 5.52 Å². The molecular formula is C31H35ClN6O2. The summed E-state index contributed by atoms with van der Waals surface area (Å²) in [5.41, 5.74) is 11.8. The summed E-state index contributed by atoms with van der Waals surface area (Å²) in [4.78, 5) is 20.3. The number of piperidine rings is 1. The number of nitrogens with two attached hydrogens (primary N) is 1. The van der Waals surface area contributed by atoms with Gasteiger partial charge in [-0.05, 0) is 60.4 Å². The second kappa shape index (κ2) is 10.9. The van der Waals surface area contributed by atoms with Gasteiger partial charge in [0.15, 0.2) is 5.52 Å². The Labute approximate surface area is 238 Å². The van der Waals surface area contributed by atoms with Crippen LogP contribution in [-0.4, -0.2) is 48.0 Å². The molecule has 0 unspecified atom stereocenters. The Bertz CT molecular complexity index is 1630. The molecule has 1 aliphatic heterocycles. The SMILES string of the molecule is Cn1nc2c(=O)n(CC3(O)CCN(Cc4ccc(C5=CCCC5)cc4Cl)CC3)cnc2c1-c1ccc(CN)cc1. The van der Waals surface area contributed by atoms with Crippen LogP contribution in [0.4, 0.5) is 0 Å². The third-order valence-electron chi connectivity index (χ3n) is 8.39. The van der Waals surface area contributed by atoms with Crippen molar-refractivity contribution in [1.82, 2.24) is 24.2 Å². The van der Waals surface area contributed by atoms with Gasteiger partial charge in [0.05, 0.1) is 24.2 Å². The summed E-state index contributed by atoms with van der Waals surface area (Å²) in [6.07, 6.45) is 8.44. The van der Waals surface area contributed by atoms with Crippen molar-refractivity contribution in [1.29, 1.82) is 0 Å². The highest BCUT2D eigenvalue weighted by Crippen LogP contribution is 2.32. The number of likely N-dealkylation sites (tertiary alicyclic amines) is 1. The van der Waals surface area contributed by atoms with E-state index in [9.17, 15) is 9.90 Å². The van der Waals surface area contributed by atoms with Gasteiger partial charge in [0.25, 0.3) is 5.56 Å². The highest BCUT2D eigenvalue weighted by Gasteiger charge is 2.33. The van der Waals surface area contributed by atoms with Gasteiger partial charge in [-0.25, -0.2) is 4.98 Å². The van der Waals surface area contributed by atoms with Crippen LogP contribution in [0.3, 0.4) is 0 Å². The summed E-state index contributed by atoms with van der Waals surface area (Å²) in [6, 6.07) is 14.3. The maximum Gasteiger partial charge on any atom is 0.281 e. The van der Waals surface area contributed by atoms with Crippen LogP contribution in [0.15, 0.2) is 59.7 Å². The summed E-state index contributed by atoms with van der Waals surface area (Å²) in [5.74, 6) is 0. The lowest BCUT2D eigenvalue weighted by Crippen LogP contribution is -2.47. The average molecular weight is 559 g/mol. The molecule has 0 spiro atoms. The fourth-order valence-corrected chi connectivity index (χ4v) is 6.22. The molecule has 2 aliphatic rings. The van der Waals surface area contributed by atoms with Crippen LogP contribution >= 0.6 is 11.6 Å². The molecule has 6 rings (SSSR count). The van der Waals surface area contributed by atoms with Crippen LogP contribution in [0.25, 0.3) is 27.9 Å². The monoisotopic (exact) mass is 558 g/mol. The molecule has 2 aromatic heterocycles. The Morgan fingerprint density at radius 1 is 1.07 bits per heavy atom. The molecule has 0 atom stereocenters. The van der Waals surface area contributed by atoms with Crippen molar-refractivity contribution in [2.75, 3.05) is 13.1 Å². The normalized spacial score (nSPS) is 17.4. The molecule has 3 N–H and O–H groups in total. The molecule has 3 heterocycles. The van der Waals surface area contributed by atoms with Gasteiger partial charge < -0.3 is 10.8 Å². The maximum absolute atomic E-state index is 13.4. The van der Waals surface area contributed by atoms with Crippen molar-refractivity contribution in [2.24, 2.45) is 12.8 Å². The summed E-state index contributed by atoms with van der Waals surface area (Å²) < 4.78 is 3.19. The molecule has 0 saturated carbocycles. The van der Waals surface area contributed by atoms with Crippen LogP contribution in [0.2, 0.25) is 5.02 Å². The summed E-state index contributed by atoms with van der Waals surface area (Å²) >= 11 is 6.66. The Hall–Kier alpha value is -3.30. The van der Waals surface area contributed by atoms with Crippen LogP contribution in [-0.2, 0) is 26.7 Å². The van der Waals surface area contributed by atoms with Crippen molar-refractivity contribution in [3.8, 4) is 11.3 Å². The van der Waals surface area contributed by atoms with E-state index in [2.05, 4.69) is 39.3 Å². The Balaban J connectivity index is 1.14. The number of hydrogen-bond acceptors (Lipinski definition) is 6. The van der Waals surface area contributed by atoms with Gasteiger partial charge in [-0.15, -0.1) is 0 Å². The zero-order valence-electron chi connectivity index (χ0n) is 22.8. The fourth-order valence-electron chi connectivity index (χ4n) is 5.98. The first-order chi connectivity index (χ1) is 19.3. The molecule has 1 fully saturated rings. The van der Waals surface area contributed by atoms with Gasteiger partial charge in [-0.3, -0.25) is 18.9 Å². The van der Waals surface area contributed by atoms with E-state index < -0.39 is 5.60 Å². The van der Waals surface area contributed by atoms with E-state index in [1.54, 1.807) is 4.68 Å². The van der Waals surface area contributed by atoms with E-state index in [1.165, 1.54) is 28.5 Å². The summed E-state index contributed by atoms with van der Waals surface area (Å²) in [5, 5.41) is 16.7. The second-order valence-corrected chi connectivity index (χ2v) is 11.6. The number of aliphatic hydroxyl groups is 1. The number of benzene rings is 2. The van der Waals surface area contributed by atoms with Crippen LogP contribution in [0.1, 0.15) is 48.8 Å². The topological polar surface area (TPSA) is 102 Å². The fraction of sp³-hybridized carbons (Fsp3) is 0.387. The lowest BCUT2D eigenvalue weighted by Gasteiger charge is -2.38. The Morgan fingerprint density at radius 3 is 2.50 bits per heavy atom. The summed E-state index contributed by atoms with van der Waals surface area (Å²) in [7, 11) is 1.81. The van der Waals surface area contributed by atoms with Crippen LogP contribution < -0.4 is 11.3 Å². The number of aryl methyl sites for hydroxylation is 1. The van der Waals surface area contributed by atoms with Gasteiger partial charge in [0.2, 0.25) is 0 Å². The Kier molecular flexibility index (Phi) is 7.35. The first kappa shape index (κ1) is 26.9. The number of hydrogen-bond donors (Lipinski definition) is 2. The molecule has 1 saturated heterocycles. The predicted octanol–water partition coefficient (Wildman–Crippen LogP) is 4.50.